The third-order valence-electron chi connectivity index (χ3n) is 6.70. The molecule has 4 aromatic rings. The molecule has 0 spiro atoms. The average molecular weight is 471 g/mol. The van der Waals surface area contributed by atoms with Crippen LogP contribution in [0.2, 0.25) is 0 Å². The van der Waals surface area contributed by atoms with Gasteiger partial charge in [-0.3, -0.25) is 14.7 Å². The van der Waals surface area contributed by atoms with Crippen LogP contribution in [0.4, 0.5) is 0 Å². The predicted octanol–water partition coefficient (Wildman–Crippen LogP) is 4.13. The molecule has 1 atom stereocenters. The van der Waals surface area contributed by atoms with Gasteiger partial charge < -0.3 is 19.7 Å². The van der Waals surface area contributed by atoms with Crippen molar-refractivity contribution in [3.63, 3.8) is 0 Å². The molecule has 5 rings (SSSR count). The molecule has 0 unspecified atom stereocenters. The molecule has 2 aromatic heterocycles. The fraction of sp³-hybridized carbons (Fsp3) is 0.286. The summed E-state index contributed by atoms with van der Waals surface area (Å²) in [6.45, 7) is 4.56. The quantitative estimate of drug-likeness (QED) is 0.383. The SMILES string of the molecule is O=C(O)[C@H](c1c[nH]c2ccc(OCc3ccccc3)cc12)N1CCN(CCc2ccncc2)CC1. The van der Waals surface area contributed by atoms with Crippen molar-refractivity contribution in [1.29, 1.82) is 0 Å². The Morgan fingerprint density at radius 2 is 1.77 bits per heavy atom. The van der Waals surface area contributed by atoms with Crippen molar-refractivity contribution in [1.82, 2.24) is 19.8 Å². The van der Waals surface area contributed by atoms with E-state index in [2.05, 4.69) is 19.8 Å². The van der Waals surface area contributed by atoms with Gasteiger partial charge in [-0.05, 0) is 47.9 Å². The lowest BCUT2D eigenvalue weighted by Gasteiger charge is -2.37. The Balaban J connectivity index is 1.26. The zero-order valence-corrected chi connectivity index (χ0v) is 19.6. The second kappa shape index (κ2) is 10.7. The van der Waals surface area contributed by atoms with E-state index in [1.54, 1.807) is 0 Å². The highest BCUT2D eigenvalue weighted by Gasteiger charge is 2.32. The summed E-state index contributed by atoms with van der Waals surface area (Å²) < 4.78 is 6.00. The van der Waals surface area contributed by atoms with E-state index in [1.165, 1.54) is 5.56 Å². The Hall–Kier alpha value is -3.68. The number of carbonyl (C=O) groups is 1. The Kier molecular flexibility index (Phi) is 7.07. The molecule has 0 aliphatic carbocycles. The summed E-state index contributed by atoms with van der Waals surface area (Å²) in [6, 6.07) is 19.2. The molecule has 7 nitrogen and oxygen atoms in total. The van der Waals surface area contributed by atoms with Crippen molar-refractivity contribution in [3.8, 4) is 5.75 Å². The highest BCUT2D eigenvalue weighted by molar-refractivity contribution is 5.90. The number of benzene rings is 2. The first-order valence-electron chi connectivity index (χ1n) is 12.0. The number of aromatic nitrogens is 2. The van der Waals surface area contributed by atoms with Crippen LogP contribution in [-0.4, -0.2) is 63.6 Å². The van der Waals surface area contributed by atoms with Gasteiger partial charge in [0.05, 0.1) is 0 Å². The number of hydrogen-bond acceptors (Lipinski definition) is 5. The van der Waals surface area contributed by atoms with E-state index in [-0.39, 0.29) is 0 Å². The minimum Gasteiger partial charge on any atom is -0.489 e. The number of fused-ring (bicyclic) bond motifs is 1. The number of carboxylic acids is 1. The largest absolute Gasteiger partial charge is 0.489 e. The van der Waals surface area contributed by atoms with Crippen LogP contribution in [0.5, 0.6) is 5.75 Å². The lowest BCUT2D eigenvalue weighted by atomic mass is 10.0. The number of carboxylic acid groups (broad SMARTS) is 1. The van der Waals surface area contributed by atoms with Crippen LogP contribution in [0.25, 0.3) is 10.9 Å². The lowest BCUT2D eigenvalue weighted by Crippen LogP contribution is -2.49. The van der Waals surface area contributed by atoms with Crippen molar-refractivity contribution >= 4 is 16.9 Å². The molecule has 0 amide bonds. The monoisotopic (exact) mass is 470 g/mol. The number of nitrogens with zero attached hydrogens (tertiary/aromatic N) is 3. The van der Waals surface area contributed by atoms with Crippen molar-refractivity contribution in [3.05, 3.63) is 95.9 Å². The van der Waals surface area contributed by atoms with Crippen LogP contribution in [0.3, 0.4) is 0 Å². The molecule has 7 heteroatoms. The zero-order chi connectivity index (χ0) is 24.0. The van der Waals surface area contributed by atoms with Crippen LogP contribution in [0.1, 0.15) is 22.7 Å². The second-order valence-electron chi connectivity index (χ2n) is 8.95. The maximum atomic E-state index is 12.4. The first-order valence-corrected chi connectivity index (χ1v) is 12.0. The van der Waals surface area contributed by atoms with Gasteiger partial charge in [0.15, 0.2) is 0 Å². The summed E-state index contributed by atoms with van der Waals surface area (Å²) in [7, 11) is 0. The summed E-state index contributed by atoms with van der Waals surface area (Å²) in [4.78, 5) is 24.2. The van der Waals surface area contributed by atoms with E-state index in [4.69, 9.17) is 4.74 Å². The van der Waals surface area contributed by atoms with Gasteiger partial charge in [0.2, 0.25) is 0 Å². The number of pyridine rings is 1. The van der Waals surface area contributed by atoms with Crippen LogP contribution >= 0.6 is 0 Å². The molecule has 2 aromatic carbocycles. The van der Waals surface area contributed by atoms with E-state index < -0.39 is 12.0 Å². The van der Waals surface area contributed by atoms with Gasteiger partial charge >= 0.3 is 5.97 Å². The number of aliphatic carboxylic acids is 1. The Bertz CT molecular complexity index is 1250. The highest BCUT2D eigenvalue weighted by atomic mass is 16.5. The van der Waals surface area contributed by atoms with Crippen LogP contribution in [0.15, 0.2) is 79.3 Å². The van der Waals surface area contributed by atoms with Gasteiger partial charge in [0.25, 0.3) is 0 Å². The first kappa shape index (κ1) is 23.1. The molecule has 0 radical (unpaired) electrons. The molecule has 1 aliphatic heterocycles. The fourth-order valence-electron chi connectivity index (χ4n) is 4.75. The molecule has 35 heavy (non-hydrogen) atoms. The van der Waals surface area contributed by atoms with Gasteiger partial charge in [-0.15, -0.1) is 0 Å². The van der Waals surface area contributed by atoms with Crippen LogP contribution < -0.4 is 4.74 Å². The highest BCUT2D eigenvalue weighted by Crippen LogP contribution is 2.32. The molecule has 1 saturated heterocycles. The molecule has 0 bridgehead atoms. The number of hydrogen-bond donors (Lipinski definition) is 2. The van der Waals surface area contributed by atoms with Crippen LogP contribution in [0, 0.1) is 0 Å². The smallest absolute Gasteiger partial charge is 0.325 e. The van der Waals surface area contributed by atoms with Gasteiger partial charge in [0, 0.05) is 67.8 Å². The van der Waals surface area contributed by atoms with Crippen molar-refractivity contribution in [2.75, 3.05) is 32.7 Å². The molecule has 1 fully saturated rings. The van der Waals surface area contributed by atoms with E-state index in [1.807, 2.05) is 79.3 Å². The summed E-state index contributed by atoms with van der Waals surface area (Å²) in [5, 5.41) is 11.1. The maximum absolute atomic E-state index is 12.4. The molecule has 3 heterocycles. The normalized spacial score (nSPS) is 15.8. The lowest BCUT2D eigenvalue weighted by molar-refractivity contribution is -0.144. The number of nitrogens with one attached hydrogen (secondary N) is 1. The van der Waals surface area contributed by atoms with Gasteiger partial charge in [-0.1, -0.05) is 30.3 Å². The maximum Gasteiger partial charge on any atom is 0.325 e. The third-order valence-corrected chi connectivity index (χ3v) is 6.70. The number of aromatic amines is 1. The Morgan fingerprint density at radius 3 is 2.51 bits per heavy atom. The summed E-state index contributed by atoms with van der Waals surface area (Å²) in [5.41, 5.74) is 4.05. The summed E-state index contributed by atoms with van der Waals surface area (Å²) in [6.07, 6.45) is 6.45. The minimum atomic E-state index is -0.827. The minimum absolute atomic E-state index is 0.468. The molecule has 1 aliphatic rings. The molecular weight excluding hydrogens is 440 g/mol. The number of rotatable bonds is 9. The average Bonchev–Trinajstić information content (AvgIpc) is 3.31. The van der Waals surface area contributed by atoms with Crippen molar-refractivity contribution < 1.29 is 14.6 Å². The zero-order valence-electron chi connectivity index (χ0n) is 19.6. The molecule has 2 N–H and O–H groups in total. The van der Waals surface area contributed by atoms with Crippen molar-refractivity contribution in [2.24, 2.45) is 0 Å². The Labute approximate surface area is 205 Å². The number of piperazine rings is 1. The topological polar surface area (TPSA) is 81.7 Å². The van der Waals surface area contributed by atoms with Gasteiger partial charge in [-0.25, -0.2) is 0 Å². The number of ether oxygens (including phenoxy) is 1. The van der Waals surface area contributed by atoms with Gasteiger partial charge in [0.1, 0.15) is 18.4 Å². The van der Waals surface area contributed by atoms with Crippen molar-refractivity contribution in [2.45, 2.75) is 19.1 Å². The Morgan fingerprint density at radius 1 is 1.00 bits per heavy atom. The van der Waals surface area contributed by atoms with E-state index >= 15 is 0 Å². The molecule has 180 valence electrons. The number of H-pyrrole nitrogens is 1. The van der Waals surface area contributed by atoms with E-state index in [0.717, 1.165) is 53.8 Å². The summed E-state index contributed by atoms with van der Waals surface area (Å²) in [5.74, 6) is -0.0981. The third kappa shape index (κ3) is 5.53. The standard InChI is InChI=1S/C28H30N4O3/c33-28(34)27(32-16-14-31(15-17-32)13-10-21-8-11-29-12-9-21)25-19-30-26-7-6-23(18-24(25)26)35-20-22-4-2-1-3-5-22/h1-9,11-12,18-19,27,30H,10,13-17,20H2,(H,33,34)/t27-/m0/s1. The second-order valence-corrected chi connectivity index (χ2v) is 8.95. The van der Waals surface area contributed by atoms with E-state index in [9.17, 15) is 9.90 Å². The predicted molar refractivity (Wildman–Crippen MR) is 135 cm³/mol. The van der Waals surface area contributed by atoms with E-state index in [0.29, 0.717) is 19.7 Å². The molecular formula is C28H30N4O3. The summed E-state index contributed by atoms with van der Waals surface area (Å²) >= 11 is 0. The fourth-order valence-corrected chi connectivity index (χ4v) is 4.75. The molecule has 0 saturated carbocycles. The van der Waals surface area contributed by atoms with Crippen LogP contribution in [-0.2, 0) is 17.8 Å². The first-order chi connectivity index (χ1) is 17.2. The van der Waals surface area contributed by atoms with Gasteiger partial charge in [-0.2, -0.15) is 0 Å².